The maximum Gasteiger partial charge on any atom is 0.160 e. The summed E-state index contributed by atoms with van der Waals surface area (Å²) in [6.07, 6.45) is 0. The van der Waals surface area contributed by atoms with Gasteiger partial charge in [-0.2, -0.15) is 0 Å². The monoisotopic (exact) mass is 716 g/mol. The zero-order valence-electron chi connectivity index (χ0n) is 29.8. The lowest BCUT2D eigenvalue weighted by molar-refractivity contribution is 1.20. The number of benzene rings is 9. The van der Waals surface area contributed by atoms with Gasteiger partial charge in [0, 0.05) is 26.3 Å². The van der Waals surface area contributed by atoms with Gasteiger partial charge < -0.3 is 0 Å². The molecule has 10 aromatic rings. The highest BCUT2D eigenvalue weighted by atomic mass is 32.2. The van der Waals surface area contributed by atoms with Crippen molar-refractivity contribution in [3.8, 4) is 67.2 Å². The van der Waals surface area contributed by atoms with E-state index in [1.165, 1.54) is 59.2 Å². The second kappa shape index (κ2) is 12.9. The van der Waals surface area contributed by atoms with Crippen LogP contribution in [0.4, 0.5) is 0 Å². The third kappa shape index (κ3) is 5.51. The minimum atomic E-state index is 0.719. The fraction of sp³-hybridized carbons (Fsp3) is 0. The first-order valence-corrected chi connectivity index (χ1v) is 19.5. The summed E-state index contributed by atoms with van der Waals surface area (Å²) in [5.74, 6) is 0.719. The standard InChI is InChI=1S/C52H32N2S/c1-3-14-33(15-4-1)36-26-37(34-16-5-2-6-17-34)28-38(27-36)39-29-40(46-32-35-18-7-8-19-42(35)43-20-9-10-21-44(43)46)31-41(30-39)52-53-47-23-13-25-49-50(47)51(54-52)45-22-11-12-24-48(45)55-49/h1-32H. The molecule has 0 amide bonds. The van der Waals surface area contributed by atoms with E-state index < -0.39 is 0 Å². The maximum absolute atomic E-state index is 5.43. The van der Waals surface area contributed by atoms with E-state index in [9.17, 15) is 0 Å². The van der Waals surface area contributed by atoms with Crippen LogP contribution in [0.3, 0.4) is 0 Å². The van der Waals surface area contributed by atoms with E-state index >= 15 is 0 Å². The van der Waals surface area contributed by atoms with Crippen LogP contribution < -0.4 is 0 Å². The molecule has 1 aliphatic rings. The normalized spacial score (nSPS) is 11.9. The van der Waals surface area contributed by atoms with E-state index in [4.69, 9.17) is 9.97 Å². The molecule has 2 heterocycles. The summed E-state index contributed by atoms with van der Waals surface area (Å²) in [4.78, 5) is 13.2. The average molecular weight is 717 g/mol. The third-order valence-electron chi connectivity index (χ3n) is 10.8. The molecule has 55 heavy (non-hydrogen) atoms. The summed E-state index contributed by atoms with van der Waals surface area (Å²) in [7, 11) is 0. The Morgan fingerprint density at radius 3 is 1.62 bits per heavy atom. The van der Waals surface area contributed by atoms with Gasteiger partial charge in [0.1, 0.15) is 0 Å². The van der Waals surface area contributed by atoms with Crippen LogP contribution in [-0.4, -0.2) is 9.97 Å². The Bertz CT molecular complexity index is 3060. The third-order valence-corrected chi connectivity index (χ3v) is 11.9. The summed E-state index contributed by atoms with van der Waals surface area (Å²) in [6, 6.07) is 70.1. The van der Waals surface area contributed by atoms with Gasteiger partial charge in [-0.3, -0.25) is 0 Å². The van der Waals surface area contributed by atoms with Crippen molar-refractivity contribution >= 4 is 44.2 Å². The van der Waals surface area contributed by atoms with Gasteiger partial charge >= 0.3 is 0 Å². The molecule has 9 aromatic carbocycles. The molecule has 11 rings (SSSR count). The van der Waals surface area contributed by atoms with Crippen LogP contribution in [0.2, 0.25) is 0 Å². The fourth-order valence-corrected chi connectivity index (χ4v) is 9.30. The van der Waals surface area contributed by atoms with Crippen molar-refractivity contribution in [1.82, 2.24) is 9.97 Å². The highest BCUT2D eigenvalue weighted by molar-refractivity contribution is 7.99. The number of hydrogen-bond acceptors (Lipinski definition) is 3. The van der Waals surface area contributed by atoms with Gasteiger partial charge in [-0.25, -0.2) is 9.97 Å². The number of aromatic nitrogens is 2. The fourth-order valence-electron chi connectivity index (χ4n) is 8.19. The van der Waals surface area contributed by atoms with Crippen LogP contribution in [-0.2, 0) is 0 Å². The van der Waals surface area contributed by atoms with Crippen LogP contribution >= 0.6 is 11.8 Å². The molecule has 0 radical (unpaired) electrons. The Hall–Kier alpha value is -6.81. The second-order valence-electron chi connectivity index (χ2n) is 14.2. The van der Waals surface area contributed by atoms with Gasteiger partial charge in [0.2, 0.25) is 0 Å². The van der Waals surface area contributed by atoms with Gasteiger partial charge in [-0.05, 0) is 127 Å². The molecule has 0 atom stereocenters. The van der Waals surface area contributed by atoms with E-state index in [1.54, 1.807) is 11.8 Å². The molecule has 2 nitrogen and oxygen atoms in total. The molecule has 1 aliphatic heterocycles. The molecule has 0 N–H and O–H groups in total. The Morgan fingerprint density at radius 2 is 0.873 bits per heavy atom. The SMILES string of the molecule is c1ccc(-c2cc(-c3ccccc3)cc(-c3cc(-c4nc5c6c(cccc6n4)Sc4ccccc4-5)cc(-c4cc5ccccc5c5ccccc45)c3)c2)cc1. The quantitative estimate of drug-likeness (QED) is 0.166. The lowest BCUT2D eigenvalue weighted by Crippen LogP contribution is -2.00. The minimum absolute atomic E-state index is 0.719. The summed E-state index contributed by atoms with van der Waals surface area (Å²) >= 11 is 1.80. The van der Waals surface area contributed by atoms with Crippen LogP contribution in [0.1, 0.15) is 0 Å². The van der Waals surface area contributed by atoms with E-state index in [0.717, 1.165) is 50.2 Å². The predicted molar refractivity (Wildman–Crippen MR) is 231 cm³/mol. The molecule has 0 unspecified atom stereocenters. The molecule has 0 spiro atoms. The first-order valence-electron chi connectivity index (χ1n) is 18.6. The van der Waals surface area contributed by atoms with Crippen molar-refractivity contribution in [2.75, 3.05) is 0 Å². The van der Waals surface area contributed by atoms with Crippen LogP contribution in [0.25, 0.3) is 99.6 Å². The molecule has 0 bridgehead atoms. The topological polar surface area (TPSA) is 25.8 Å². The lowest BCUT2D eigenvalue weighted by Gasteiger charge is -2.20. The van der Waals surface area contributed by atoms with Crippen LogP contribution in [0, 0.1) is 0 Å². The van der Waals surface area contributed by atoms with Gasteiger partial charge in [-0.1, -0.05) is 145 Å². The summed E-state index contributed by atoms with van der Waals surface area (Å²) < 4.78 is 0. The number of nitrogens with zero attached hydrogens (tertiary/aromatic N) is 2. The van der Waals surface area contributed by atoms with Crippen molar-refractivity contribution in [2.45, 2.75) is 9.79 Å². The molecule has 1 aromatic heterocycles. The van der Waals surface area contributed by atoms with E-state index in [1.807, 2.05) is 0 Å². The first kappa shape index (κ1) is 31.7. The highest BCUT2D eigenvalue weighted by Crippen LogP contribution is 2.47. The Morgan fingerprint density at radius 1 is 0.327 bits per heavy atom. The minimum Gasteiger partial charge on any atom is -0.228 e. The number of fused-ring (bicyclic) bond motifs is 5. The first-order chi connectivity index (χ1) is 27.2. The maximum atomic E-state index is 5.43. The van der Waals surface area contributed by atoms with Crippen LogP contribution in [0.15, 0.2) is 204 Å². The Kier molecular flexibility index (Phi) is 7.46. The largest absolute Gasteiger partial charge is 0.228 e. The van der Waals surface area contributed by atoms with Crippen molar-refractivity contribution in [2.24, 2.45) is 0 Å². The Labute approximate surface area is 323 Å². The van der Waals surface area contributed by atoms with Gasteiger partial charge in [0.25, 0.3) is 0 Å². The van der Waals surface area contributed by atoms with E-state index in [2.05, 4.69) is 194 Å². The number of rotatable bonds is 5. The zero-order valence-corrected chi connectivity index (χ0v) is 30.6. The van der Waals surface area contributed by atoms with Crippen molar-refractivity contribution in [1.29, 1.82) is 0 Å². The molecular formula is C52H32N2S. The highest BCUT2D eigenvalue weighted by Gasteiger charge is 2.23. The molecule has 3 heteroatoms. The molecule has 0 fully saturated rings. The summed E-state index contributed by atoms with van der Waals surface area (Å²) in [5.41, 5.74) is 13.4. The van der Waals surface area contributed by atoms with E-state index in [-0.39, 0.29) is 0 Å². The second-order valence-corrected chi connectivity index (χ2v) is 15.2. The smallest absolute Gasteiger partial charge is 0.160 e. The van der Waals surface area contributed by atoms with E-state index in [0.29, 0.717) is 0 Å². The van der Waals surface area contributed by atoms with Crippen molar-refractivity contribution in [3.63, 3.8) is 0 Å². The Balaban J connectivity index is 1.21. The molecule has 0 aliphatic carbocycles. The predicted octanol–water partition coefficient (Wildman–Crippen LogP) is 14.4. The van der Waals surface area contributed by atoms with Gasteiger partial charge in [0.05, 0.1) is 11.2 Å². The summed E-state index contributed by atoms with van der Waals surface area (Å²) in [6.45, 7) is 0. The molecule has 256 valence electrons. The van der Waals surface area contributed by atoms with Crippen LogP contribution in [0.5, 0.6) is 0 Å². The molecule has 0 saturated carbocycles. The van der Waals surface area contributed by atoms with Gasteiger partial charge in [-0.15, -0.1) is 0 Å². The van der Waals surface area contributed by atoms with Gasteiger partial charge in [0.15, 0.2) is 5.82 Å². The number of hydrogen-bond donors (Lipinski definition) is 0. The van der Waals surface area contributed by atoms with Crippen molar-refractivity contribution < 1.29 is 0 Å². The zero-order chi connectivity index (χ0) is 36.3. The average Bonchev–Trinajstić information content (AvgIpc) is 3.26. The molecular weight excluding hydrogens is 685 g/mol. The summed E-state index contributed by atoms with van der Waals surface area (Å²) in [5, 5.41) is 6.06. The lowest BCUT2D eigenvalue weighted by atomic mass is 9.88. The molecule has 0 saturated heterocycles. The van der Waals surface area contributed by atoms with Crippen molar-refractivity contribution in [3.05, 3.63) is 194 Å².